The molecule has 0 saturated heterocycles. The van der Waals surface area contributed by atoms with Gasteiger partial charge in [0.05, 0.1) is 0 Å². The van der Waals surface area contributed by atoms with Gasteiger partial charge in [-0.25, -0.2) is 0 Å². The molecule has 0 radical (unpaired) electrons. The molecular formula is C15H26O. The predicted molar refractivity (Wildman–Crippen MR) is 67.3 cm³/mol. The second-order valence-electron chi connectivity index (χ2n) is 6.21. The maximum atomic E-state index is 11.1. The van der Waals surface area contributed by atoms with Gasteiger partial charge in [0.25, 0.3) is 0 Å². The molecule has 2 saturated carbocycles. The van der Waals surface area contributed by atoms with Crippen molar-refractivity contribution in [3.05, 3.63) is 0 Å². The van der Waals surface area contributed by atoms with Gasteiger partial charge < -0.3 is 4.79 Å². The summed E-state index contributed by atoms with van der Waals surface area (Å²) in [6.45, 7) is 2.38. The van der Waals surface area contributed by atoms with Gasteiger partial charge in [0.2, 0.25) is 0 Å². The van der Waals surface area contributed by atoms with E-state index < -0.39 is 0 Å². The van der Waals surface area contributed by atoms with Crippen molar-refractivity contribution in [2.75, 3.05) is 0 Å². The minimum Gasteiger partial charge on any atom is -0.303 e. The Kier molecular flexibility index (Phi) is 4.43. The van der Waals surface area contributed by atoms with E-state index >= 15 is 0 Å². The van der Waals surface area contributed by atoms with Crippen molar-refractivity contribution in [3.8, 4) is 0 Å². The van der Waals surface area contributed by atoms with E-state index in [2.05, 4.69) is 6.92 Å². The first-order valence-electron chi connectivity index (χ1n) is 7.25. The summed E-state index contributed by atoms with van der Waals surface area (Å²) in [6.07, 6.45) is 13.4. The van der Waals surface area contributed by atoms with E-state index in [0.717, 1.165) is 24.2 Å². The summed E-state index contributed by atoms with van der Waals surface area (Å²) in [4.78, 5) is 11.1. The molecule has 2 aliphatic rings. The van der Waals surface area contributed by atoms with Crippen molar-refractivity contribution < 1.29 is 4.79 Å². The average Bonchev–Trinajstić information content (AvgIpc) is 2.33. The van der Waals surface area contributed by atoms with Crippen LogP contribution in [0.25, 0.3) is 0 Å². The van der Waals surface area contributed by atoms with E-state index in [1.807, 2.05) is 0 Å². The lowest BCUT2D eigenvalue weighted by atomic mass is 9.71. The second kappa shape index (κ2) is 5.84. The minimum atomic E-state index is 0.396. The predicted octanol–water partition coefficient (Wildman–Crippen LogP) is 4.21. The summed E-state index contributed by atoms with van der Waals surface area (Å²) in [5, 5.41) is 0. The Morgan fingerprint density at radius 3 is 2.38 bits per heavy atom. The first-order chi connectivity index (χ1) is 7.79. The molecule has 0 aliphatic heterocycles. The van der Waals surface area contributed by atoms with Crippen molar-refractivity contribution >= 4 is 6.29 Å². The zero-order valence-electron chi connectivity index (χ0n) is 10.7. The highest BCUT2D eigenvalue weighted by Gasteiger charge is 2.28. The smallest absolute Gasteiger partial charge is 0.123 e. The maximum absolute atomic E-state index is 11.1. The molecule has 2 atom stereocenters. The SMILES string of the molecule is CC1CCC(CC2CCCCC2C=O)CC1. The minimum absolute atomic E-state index is 0.396. The maximum Gasteiger partial charge on any atom is 0.123 e. The van der Waals surface area contributed by atoms with Crippen molar-refractivity contribution in [1.82, 2.24) is 0 Å². The van der Waals surface area contributed by atoms with Gasteiger partial charge in [-0.05, 0) is 37.0 Å². The number of hydrogen-bond donors (Lipinski definition) is 0. The fourth-order valence-electron chi connectivity index (χ4n) is 3.70. The van der Waals surface area contributed by atoms with Gasteiger partial charge in [-0.2, -0.15) is 0 Å². The Hall–Kier alpha value is -0.330. The Balaban J connectivity index is 1.80. The first-order valence-corrected chi connectivity index (χ1v) is 7.25. The third kappa shape index (κ3) is 3.09. The number of aldehydes is 1. The highest BCUT2D eigenvalue weighted by Crippen LogP contribution is 2.38. The van der Waals surface area contributed by atoms with E-state index in [4.69, 9.17) is 0 Å². The van der Waals surface area contributed by atoms with Crippen LogP contribution in [0.2, 0.25) is 0 Å². The molecule has 2 unspecified atom stereocenters. The van der Waals surface area contributed by atoms with Crippen LogP contribution in [0.5, 0.6) is 0 Å². The highest BCUT2D eigenvalue weighted by atomic mass is 16.1. The zero-order valence-corrected chi connectivity index (χ0v) is 10.7. The average molecular weight is 222 g/mol. The van der Waals surface area contributed by atoms with Gasteiger partial charge >= 0.3 is 0 Å². The van der Waals surface area contributed by atoms with Gasteiger partial charge in [0, 0.05) is 5.92 Å². The fraction of sp³-hybridized carbons (Fsp3) is 0.933. The molecule has 0 N–H and O–H groups in total. The van der Waals surface area contributed by atoms with E-state index in [1.54, 1.807) is 0 Å². The largest absolute Gasteiger partial charge is 0.303 e. The quantitative estimate of drug-likeness (QED) is 0.654. The summed E-state index contributed by atoms with van der Waals surface area (Å²) in [5.74, 6) is 3.00. The molecule has 0 aromatic heterocycles. The molecule has 0 aromatic rings. The number of rotatable bonds is 3. The summed E-state index contributed by atoms with van der Waals surface area (Å²) in [5.41, 5.74) is 0. The van der Waals surface area contributed by atoms with Gasteiger partial charge in [0.1, 0.15) is 6.29 Å². The molecule has 2 aliphatic carbocycles. The third-order valence-electron chi connectivity index (χ3n) is 4.91. The van der Waals surface area contributed by atoms with Crippen LogP contribution < -0.4 is 0 Å². The van der Waals surface area contributed by atoms with E-state index in [9.17, 15) is 4.79 Å². The van der Waals surface area contributed by atoms with Crippen molar-refractivity contribution in [2.45, 2.75) is 64.7 Å². The summed E-state index contributed by atoms with van der Waals surface area (Å²) >= 11 is 0. The lowest BCUT2D eigenvalue weighted by molar-refractivity contribution is -0.113. The van der Waals surface area contributed by atoms with Crippen molar-refractivity contribution in [2.24, 2.45) is 23.7 Å². The Bertz CT molecular complexity index is 215. The molecule has 2 fully saturated rings. The zero-order chi connectivity index (χ0) is 11.4. The van der Waals surface area contributed by atoms with Gasteiger partial charge in [-0.15, -0.1) is 0 Å². The highest BCUT2D eigenvalue weighted by molar-refractivity contribution is 5.54. The molecule has 1 nitrogen and oxygen atoms in total. The van der Waals surface area contributed by atoms with Crippen LogP contribution in [0.4, 0.5) is 0 Å². The molecule has 92 valence electrons. The third-order valence-corrected chi connectivity index (χ3v) is 4.91. The van der Waals surface area contributed by atoms with E-state index in [0.29, 0.717) is 5.92 Å². The molecular weight excluding hydrogens is 196 g/mol. The van der Waals surface area contributed by atoms with E-state index in [1.165, 1.54) is 57.7 Å². The Morgan fingerprint density at radius 2 is 1.69 bits per heavy atom. The summed E-state index contributed by atoms with van der Waals surface area (Å²) < 4.78 is 0. The van der Waals surface area contributed by atoms with Crippen molar-refractivity contribution in [1.29, 1.82) is 0 Å². The fourth-order valence-corrected chi connectivity index (χ4v) is 3.70. The summed E-state index contributed by atoms with van der Waals surface area (Å²) in [6, 6.07) is 0. The van der Waals surface area contributed by atoms with Crippen molar-refractivity contribution in [3.63, 3.8) is 0 Å². The molecule has 1 heteroatoms. The van der Waals surface area contributed by atoms with Crippen LogP contribution in [-0.4, -0.2) is 6.29 Å². The van der Waals surface area contributed by atoms with Crippen LogP contribution in [0.3, 0.4) is 0 Å². The second-order valence-corrected chi connectivity index (χ2v) is 6.21. The molecule has 0 aromatic carbocycles. The Labute approximate surface area is 100.0 Å². The van der Waals surface area contributed by atoms with Gasteiger partial charge in [-0.1, -0.05) is 45.4 Å². The number of hydrogen-bond acceptors (Lipinski definition) is 1. The standard InChI is InChI=1S/C15H26O/c1-12-6-8-13(9-7-12)10-14-4-2-3-5-15(14)11-16/h11-15H,2-10H2,1H3. The number of carbonyl (C=O) groups is 1. The monoisotopic (exact) mass is 222 g/mol. The van der Waals surface area contributed by atoms with Crippen LogP contribution in [0.15, 0.2) is 0 Å². The van der Waals surface area contributed by atoms with Crippen LogP contribution in [0, 0.1) is 23.7 Å². The number of carbonyl (C=O) groups excluding carboxylic acids is 1. The molecule has 0 amide bonds. The van der Waals surface area contributed by atoms with Gasteiger partial charge in [-0.3, -0.25) is 0 Å². The van der Waals surface area contributed by atoms with Crippen LogP contribution in [0.1, 0.15) is 64.7 Å². The van der Waals surface area contributed by atoms with Crippen LogP contribution in [-0.2, 0) is 4.79 Å². The Morgan fingerprint density at radius 1 is 1.00 bits per heavy atom. The molecule has 2 rings (SSSR count). The van der Waals surface area contributed by atoms with Crippen LogP contribution >= 0.6 is 0 Å². The lowest BCUT2D eigenvalue weighted by Gasteiger charge is -2.33. The first kappa shape index (κ1) is 12.1. The molecule has 0 spiro atoms. The summed E-state index contributed by atoms with van der Waals surface area (Å²) in [7, 11) is 0. The van der Waals surface area contributed by atoms with Gasteiger partial charge in [0.15, 0.2) is 0 Å². The molecule has 0 heterocycles. The normalized spacial score (nSPS) is 40.6. The topological polar surface area (TPSA) is 17.1 Å². The lowest BCUT2D eigenvalue weighted by Crippen LogP contribution is -2.25. The molecule has 0 bridgehead atoms. The molecule has 16 heavy (non-hydrogen) atoms. The van der Waals surface area contributed by atoms with E-state index in [-0.39, 0.29) is 0 Å².